The van der Waals surface area contributed by atoms with E-state index in [-0.39, 0.29) is 5.78 Å². The summed E-state index contributed by atoms with van der Waals surface area (Å²) in [6.45, 7) is 9.23. The van der Waals surface area contributed by atoms with Crippen LogP contribution in [0.5, 0.6) is 0 Å². The van der Waals surface area contributed by atoms with Crippen LogP contribution in [0.4, 0.5) is 0 Å². The van der Waals surface area contributed by atoms with Crippen molar-refractivity contribution in [2.45, 2.75) is 79.1 Å². The molecule has 2 rings (SSSR count). The first kappa shape index (κ1) is 18.2. The lowest BCUT2D eigenvalue weighted by Gasteiger charge is -2.37. The van der Waals surface area contributed by atoms with E-state index in [0.717, 1.165) is 31.1 Å². The van der Waals surface area contributed by atoms with Crippen molar-refractivity contribution in [3.63, 3.8) is 0 Å². The number of ketones is 1. The van der Waals surface area contributed by atoms with Crippen LogP contribution in [0, 0.1) is 17.3 Å². The molecule has 0 atom stereocenters. The normalized spacial score (nSPS) is 22.1. The summed E-state index contributed by atoms with van der Waals surface area (Å²) in [5, 5.41) is 0. The zero-order valence-electron chi connectivity index (χ0n) is 15.4. The number of aromatic nitrogens is 1. The minimum Gasteiger partial charge on any atom is -0.292 e. The molecule has 0 unspecified atom stereocenters. The van der Waals surface area contributed by atoms with Crippen LogP contribution in [0.2, 0.25) is 0 Å². The summed E-state index contributed by atoms with van der Waals surface area (Å²) in [7, 11) is 0. The van der Waals surface area contributed by atoms with E-state index in [2.05, 4.69) is 38.7 Å². The van der Waals surface area contributed by atoms with Crippen LogP contribution in [0.3, 0.4) is 0 Å². The molecular weight excluding hydrogens is 282 g/mol. The number of hydrogen-bond acceptors (Lipinski definition) is 2. The number of pyridine rings is 1. The fraction of sp³-hybridized carbons (Fsp3) is 0.714. The summed E-state index contributed by atoms with van der Waals surface area (Å²) < 4.78 is 0. The van der Waals surface area contributed by atoms with Crippen molar-refractivity contribution in [3.8, 4) is 0 Å². The average Bonchev–Trinajstić information content (AvgIpc) is 2.52. The highest BCUT2D eigenvalue weighted by atomic mass is 16.1. The van der Waals surface area contributed by atoms with Crippen molar-refractivity contribution >= 4 is 5.78 Å². The van der Waals surface area contributed by atoms with Gasteiger partial charge in [0.15, 0.2) is 5.78 Å². The molecule has 2 heteroatoms. The van der Waals surface area contributed by atoms with Crippen LogP contribution in [0.15, 0.2) is 18.3 Å². The molecular formula is C21H33NO. The molecule has 1 aromatic heterocycles. The molecule has 0 saturated heterocycles. The molecule has 1 fully saturated rings. The van der Waals surface area contributed by atoms with E-state index < -0.39 is 0 Å². The molecule has 1 aliphatic rings. The van der Waals surface area contributed by atoms with Crippen molar-refractivity contribution in [1.82, 2.24) is 4.98 Å². The second kappa shape index (κ2) is 8.08. The zero-order chi connectivity index (χ0) is 16.9. The third kappa shape index (κ3) is 5.44. The Kier molecular flexibility index (Phi) is 6.38. The molecule has 0 N–H and O–H groups in total. The number of carbonyl (C=O) groups is 1. The maximum absolute atomic E-state index is 12.1. The van der Waals surface area contributed by atoms with E-state index in [0.29, 0.717) is 17.5 Å². The smallest absolute Gasteiger partial charge is 0.181 e. The third-order valence-corrected chi connectivity index (χ3v) is 5.46. The van der Waals surface area contributed by atoms with Crippen LogP contribution in [0.1, 0.15) is 88.7 Å². The molecule has 128 valence electrons. The zero-order valence-corrected chi connectivity index (χ0v) is 15.4. The highest BCUT2D eigenvalue weighted by molar-refractivity contribution is 5.94. The first-order valence-electron chi connectivity index (χ1n) is 9.38. The maximum atomic E-state index is 12.1. The lowest BCUT2D eigenvalue weighted by molar-refractivity contribution is 0.0974. The van der Waals surface area contributed by atoms with Crippen molar-refractivity contribution in [3.05, 3.63) is 29.6 Å². The number of rotatable bonds is 6. The predicted molar refractivity (Wildman–Crippen MR) is 96.7 cm³/mol. The molecule has 2 nitrogen and oxygen atoms in total. The van der Waals surface area contributed by atoms with Crippen LogP contribution < -0.4 is 0 Å². The number of Topliss-reactive ketones (excluding diaryl/α,β-unsaturated/α-hetero) is 1. The maximum Gasteiger partial charge on any atom is 0.181 e. The van der Waals surface area contributed by atoms with E-state index >= 15 is 0 Å². The molecule has 0 aromatic carbocycles. The van der Waals surface area contributed by atoms with Gasteiger partial charge in [0.1, 0.15) is 5.69 Å². The van der Waals surface area contributed by atoms with Gasteiger partial charge in [-0.25, -0.2) is 0 Å². The van der Waals surface area contributed by atoms with Gasteiger partial charge in [-0.15, -0.1) is 0 Å². The van der Waals surface area contributed by atoms with E-state index in [9.17, 15) is 4.79 Å². The van der Waals surface area contributed by atoms with Crippen molar-refractivity contribution in [2.24, 2.45) is 17.3 Å². The predicted octanol–water partition coefficient (Wildman–Crippen LogP) is 5.85. The van der Waals surface area contributed by atoms with Gasteiger partial charge >= 0.3 is 0 Å². The summed E-state index contributed by atoms with van der Waals surface area (Å²) in [5.74, 6) is 1.84. The van der Waals surface area contributed by atoms with Gasteiger partial charge in [0.25, 0.3) is 0 Å². The van der Waals surface area contributed by atoms with Gasteiger partial charge in [-0.3, -0.25) is 9.78 Å². The van der Waals surface area contributed by atoms with Gasteiger partial charge in [0.05, 0.1) is 0 Å². The second-order valence-electron chi connectivity index (χ2n) is 8.36. The summed E-state index contributed by atoms with van der Waals surface area (Å²) in [6, 6.07) is 4.13. The number of unbranched alkanes of at least 4 members (excludes halogenated alkanes) is 1. The van der Waals surface area contributed by atoms with Gasteiger partial charge < -0.3 is 0 Å². The molecule has 0 bridgehead atoms. The minimum absolute atomic E-state index is 0.199. The van der Waals surface area contributed by atoms with Crippen LogP contribution in [-0.2, 0) is 6.42 Å². The Morgan fingerprint density at radius 2 is 1.91 bits per heavy atom. The van der Waals surface area contributed by atoms with E-state index in [1.54, 1.807) is 0 Å². The van der Waals surface area contributed by atoms with Gasteiger partial charge in [-0.1, -0.05) is 34.1 Å². The highest BCUT2D eigenvalue weighted by Crippen LogP contribution is 2.40. The number of carbonyl (C=O) groups excluding carboxylic acids is 1. The Hall–Kier alpha value is -1.18. The van der Waals surface area contributed by atoms with E-state index in [4.69, 9.17) is 0 Å². The van der Waals surface area contributed by atoms with Crippen molar-refractivity contribution in [1.29, 1.82) is 0 Å². The fourth-order valence-electron chi connectivity index (χ4n) is 3.79. The largest absolute Gasteiger partial charge is 0.292 e. The summed E-state index contributed by atoms with van der Waals surface area (Å²) in [6.07, 6.45) is 10.9. The number of hydrogen-bond donors (Lipinski definition) is 0. The highest BCUT2D eigenvalue weighted by Gasteiger charge is 2.29. The van der Waals surface area contributed by atoms with Crippen molar-refractivity contribution in [2.75, 3.05) is 0 Å². The molecule has 1 saturated carbocycles. The summed E-state index contributed by atoms with van der Waals surface area (Å²) in [4.78, 5) is 16.4. The Labute approximate surface area is 142 Å². The summed E-state index contributed by atoms with van der Waals surface area (Å²) >= 11 is 0. The quantitative estimate of drug-likeness (QED) is 0.616. The third-order valence-electron chi connectivity index (χ3n) is 5.46. The van der Waals surface area contributed by atoms with E-state index in [1.165, 1.54) is 31.2 Å². The standard InChI is InChI=1S/C21H33NO/c1-5-6-7-20(23)19-15-17(12-13-22-19)14-16-8-10-18(11-9-16)21(2,3)4/h12-13,15-16,18H,5-11,14H2,1-4H3. The molecule has 0 aliphatic heterocycles. The Morgan fingerprint density at radius 1 is 1.22 bits per heavy atom. The first-order valence-corrected chi connectivity index (χ1v) is 9.38. The van der Waals surface area contributed by atoms with E-state index in [1.807, 2.05) is 12.3 Å². The lowest BCUT2D eigenvalue weighted by atomic mass is 9.69. The molecule has 1 aliphatic carbocycles. The average molecular weight is 316 g/mol. The fourth-order valence-corrected chi connectivity index (χ4v) is 3.79. The summed E-state index contributed by atoms with van der Waals surface area (Å²) in [5.41, 5.74) is 2.40. The van der Waals surface area contributed by atoms with Gasteiger partial charge in [-0.05, 0) is 73.5 Å². The molecule has 23 heavy (non-hydrogen) atoms. The van der Waals surface area contributed by atoms with Gasteiger partial charge in [0, 0.05) is 12.6 Å². The van der Waals surface area contributed by atoms with Gasteiger partial charge in [-0.2, -0.15) is 0 Å². The molecule has 0 spiro atoms. The molecule has 1 heterocycles. The minimum atomic E-state index is 0.199. The van der Waals surface area contributed by atoms with Crippen molar-refractivity contribution < 1.29 is 4.79 Å². The SMILES string of the molecule is CCCCC(=O)c1cc(CC2CCC(C(C)(C)C)CC2)ccn1. The van der Waals surface area contributed by atoms with Gasteiger partial charge in [0.2, 0.25) is 0 Å². The van der Waals surface area contributed by atoms with Crippen LogP contribution in [-0.4, -0.2) is 10.8 Å². The number of nitrogens with zero attached hydrogens (tertiary/aromatic N) is 1. The Morgan fingerprint density at radius 3 is 2.52 bits per heavy atom. The lowest BCUT2D eigenvalue weighted by Crippen LogP contribution is -2.26. The monoisotopic (exact) mass is 315 g/mol. The van der Waals surface area contributed by atoms with Crippen LogP contribution >= 0.6 is 0 Å². The molecule has 1 aromatic rings. The second-order valence-corrected chi connectivity index (χ2v) is 8.36. The Bertz CT molecular complexity index is 507. The Balaban J connectivity index is 1.90. The molecule has 0 amide bonds. The topological polar surface area (TPSA) is 30.0 Å². The van der Waals surface area contributed by atoms with Crippen LogP contribution in [0.25, 0.3) is 0 Å². The first-order chi connectivity index (χ1) is 10.9. The molecule has 0 radical (unpaired) electrons.